The van der Waals surface area contributed by atoms with Gasteiger partial charge in [0.2, 0.25) is 5.91 Å². The number of ether oxygens (including phenoxy) is 1. The summed E-state index contributed by atoms with van der Waals surface area (Å²) >= 11 is 0. The predicted molar refractivity (Wildman–Crippen MR) is 105 cm³/mol. The van der Waals surface area contributed by atoms with Gasteiger partial charge in [-0.15, -0.1) is 0 Å². The molecule has 2 N–H and O–H groups in total. The molecule has 5 rings (SSSR count). The fraction of sp³-hybridized carbons (Fsp3) is 0.333. The lowest BCUT2D eigenvalue weighted by Crippen LogP contribution is -2.51. The molecule has 0 spiro atoms. The highest BCUT2D eigenvalue weighted by Crippen LogP contribution is 2.55. The third-order valence-electron chi connectivity index (χ3n) is 5.66. The number of rotatable bonds is 6. The summed E-state index contributed by atoms with van der Waals surface area (Å²) in [4.78, 5) is 28.1. The lowest BCUT2D eigenvalue weighted by molar-refractivity contribution is -0.122. The van der Waals surface area contributed by atoms with Gasteiger partial charge in [-0.3, -0.25) is 10.1 Å². The molecular formula is C21H19F2N5O3. The highest BCUT2D eigenvalue weighted by Gasteiger charge is 2.42. The molecule has 3 aromatic rings. The van der Waals surface area contributed by atoms with Gasteiger partial charge in [0, 0.05) is 24.5 Å². The number of hydrogen-bond acceptors (Lipinski definition) is 5. The maximum absolute atomic E-state index is 12.3. The lowest BCUT2D eigenvalue weighted by Gasteiger charge is -2.22. The number of urea groups is 1. The minimum Gasteiger partial charge on any atom is -0.488 e. The Morgan fingerprint density at radius 1 is 1.19 bits per heavy atom. The number of benzene rings is 1. The molecule has 3 amide bonds. The summed E-state index contributed by atoms with van der Waals surface area (Å²) in [5.41, 5.74) is 3.37. The highest BCUT2D eigenvalue weighted by molar-refractivity contribution is 6.00. The molecule has 2 aliphatic rings. The fourth-order valence-electron chi connectivity index (χ4n) is 4.05. The molecule has 0 bridgehead atoms. The van der Waals surface area contributed by atoms with Crippen molar-refractivity contribution in [3.63, 3.8) is 0 Å². The normalized spacial score (nSPS) is 23.0. The van der Waals surface area contributed by atoms with Crippen LogP contribution >= 0.6 is 0 Å². The van der Waals surface area contributed by atoms with Crippen LogP contribution < -0.4 is 15.4 Å². The van der Waals surface area contributed by atoms with E-state index >= 15 is 0 Å². The van der Waals surface area contributed by atoms with Crippen LogP contribution in [0.3, 0.4) is 0 Å². The Hall–Kier alpha value is -3.56. The van der Waals surface area contributed by atoms with E-state index in [0.29, 0.717) is 11.4 Å². The number of aromatic nitrogens is 3. The summed E-state index contributed by atoms with van der Waals surface area (Å²) < 4.78 is 31.3. The topological polar surface area (TPSA) is 97.6 Å². The van der Waals surface area contributed by atoms with Crippen LogP contribution in [0.15, 0.2) is 42.7 Å². The van der Waals surface area contributed by atoms with Crippen LogP contribution in [0, 0.1) is 0 Å². The quantitative estimate of drug-likeness (QED) is 0.630. The van der Waals surface area contributed by atoms with Crippen molar-refractivity contribution < 1.29 is 23.1 Å². The van der Waals surface area contributed by atoms with Gasteiger partial charge in [-0.1, -0.05) is 12.1 Å². The van der Waals surface area contributed by atoms with E-state index in [4.69, 9.17) is 4.74 Å². The van der Waals surface area contributed by atoms with Crippen molar-refractivity contribution in [2.45, 2.75) is 30.6 Å². The average Bonchev–Trinajstić information content (AvgIpc) is 3.40. The first-order valence-electron chi connectivity index (χ1n) is 9.93. The molecule has 31 heavy (non-hydrogen) atoms. The molecule has 3 heterocycles. The van der Waals surface area contributed by atoms with E-state index < -0.39 is 25.0 Å². The molecular weight excluding hydrogens is 408 g/mol. The molecule has 0 radical (unpaired) electrons. The third kappa shape index (κ3) is 3.80. The first kappa shape index (κ1) is 19.4. The Bertz CT molecular complexity index is 1150. The summed E-state index contributed by atoms with van der Waals surface area (Å²) in [6.07, 6.45) is 1.78. The summed E-state index contributed by atoms with van der Waals surface area (Å²) in [6.45, 7) is -0.441. The number of carbonyl (C=O) groups excluding carboxylic acids is 2. The van der Waals surface area contributed by atoms with Crippen LogP contribution in [0.1, 0.15) is 41.0 Å². The first-order valence-corrected chi connectivity index (χ1v) is 9.93. The number of nitrogens with one attached hydrogen (secondary N) is 2. The number of hydrogen-bond donors (Lipinski definition) is 2. The number of amides is 3. The molecule has 3 atom stereocenters. The Kier molecular flexibility index (Phi) is 4.76. The van der Waals surface area contributed by atoms with Gasteiger partial charge >= 0.3 is 6.03 Å². The lowest BCUT2D eigenvalue weighted by atomic mass is 9.99. The number of halogens is 2. The molecule has 2 aromatic heterocycles. The number of imidazole rings is 1. The van der Waals surface area contributed by atoms with Crippen molar-refractivity contribution in [3.8, 4) is 5.75 Å². The monoisotopic (exact) mass is 427 g/mol. The molecule has 10 heteroatoms. The number of nitrogens with zero attached hydrogens (tertiary/aromatic N) is 3. The SMILES string of the molecule is O=C1NCC(c2cc([C@H]3C[C@@H]3c3ccc(OCC(F)F)cc3)c3nccn3n2)C(=O)N1. The second kappa shape index (κ2) is 7.60. The minimum atomic E-state index is -2.51. The zero-order valence-corrected chi connectivity index (χ0v) is 16.3. The Balaban J connectivity index is 1.39. The number of imide groups is 1. The van der Waals surface area contributed by atoms with Gasteiger partial charge < -0.3 is 10.1 Å². The first-order chi connectivity index (χ1) is 15.0. The van der Waals surface area contributed by atoms with Gasteiger partial charge in [0.15, 0.2) is 5.65 Å². The van der Waals surface area contributed by atoms with E-state index in [-0.39, 0.29) is 24.3 Å². The average molecular weight is 427 g/mol. The Morgan fingerprint density at radius 2 is 2.00 bits per heavy atom. The molecule has 1 saturated carbocycles. The largest absolute Gasteiger partial charge is 0.488 e. The third-order valence-corrected chi connectivity index (χ3v) is 5.66. The molecule has 1 aromatic carbocycles. The van der Waals surface area contributed by atoms with Gasteiger partial charge in [-0.25, -0.2) is 23.1 Å². The predicted octanol–water partition coefficient (Wildman–Crippen LogP) is 2.57. The van der Waals surface area contributed by atoms with E-state index in [9.17, 15) is 18.4 Å². The van der Waals surface area contributed by atoms with Crippen LogP contribution in [0.5, 0.6) is 5.75 Å². The summed E-state index contributed by atoms with van der Waals surface area (Å²) in [6, 6.07) is 8.57. The molecule has 160 valence electrons. The maximum Gasteiger partial charge on any atom is 0.321 e. The number of carbonyl (C=O) groups is 2. The van der Waals surface area contributed by atoms with Crippen molar-refractivity contribution in [1.82, 2.24) is 25.2 Å². The van der Waals surface area contributed by atoms with Crippen LogP contribution in [0.25, 0.3) is 5.65 Å². The molecule has 2 fully saturated rings. The number of fused-ring (bicyclic) bond motifs is 1. The van der Waals surface area contributed by atoms with Gasteiger partial charge in [-0.2, -0.15) is 5.10 Å². The highest BCUT2D eigenvalue weighted by atomic mass is 19.3. The van der Waals surface area contributed by atoms with E-state index in [1.54, 1.807) is 29.0 Å². The van der Waals surface area contributed by atoms with Crippen LogP contribution in [-0.2, 0) is 4.79 Å². The molecule has 1 unspecified atom stereocenters. The molecule has 1 aliphatic carbocycles. The zero-order chi connectivity index (χ0) is 21.5. The van der Waals surface area contributed by atoms with Gasteiger partial charge in [-0.05, 0) is 42.0 Å². The molecule has 1 saturated heterocycles. The molecule has 1 aliphatic heterocycles. The van der Waals surface area contributed by atoms with Crippen molar-refractivity contribution in [3.05, 3.63) is 59.5 Å². The van der Waals surface area contributed by atoms with E-state index in [2.05, 4.69) is 20.7 Å². The molecule has 8 nitrogen and oxygen atoms in total. The van der Waals surface area contributed by atoms with Gasteiger partial charge in [0.05, 0.1) is 11.6 Å². The van der Waals surface area contributed by atoms with Crippen LogP contribution in [-0.4, -0.2) is 46.1 Å². The summed E-state index contributed by atoms with van der Waals surface area (Å²) in [7, 11) is 0. The van der Waals surface area contributed by atoms with Crippen molar-refractivity contribution in [2.75, 3.05) is 13.2 Å². The van der Waals surface area contributed by atoms with Gasteiger partial charge in [0.1, 0.15) is 12.4 Å². The zero-order valence-electron chi connectivity index (χ0n) is 16.3. The second-order valence-electron chi connectivity index (χ2n) is 7.69. The maximum atomic E-state index is 12.3. The van der Waals surface area contributed by atoms with E-state index in [0.717, 1.165) is 23.2 Å². The standard InChI is InChI=1S/C21H19F2N5O3/c22-18(23)10-31-12-3-1-11(2-4-12)13-7-14(13)15-8-17(27-28-6-5-24-19(15)28)16-9-25-21(30)26-20(16)29/h1-6,8,13-14,16,18H,7,9-10H2,(H2,25,26,29,30)/t13-,14+,16?/m1/s1. The van der Waals surface area contributed by atoms with Crippen molar-refractivity contribution in [1.29, 1.82) is 0 Å². The smallest absolute Gasteiger partial charge is 0.321 e. The van der Waals surface area contributed by atoms with Crippen LogP contribution in [0.2, 0.25) is 0 Å². The van der Waals surface area contributed by atoms with Crippen molar-refractivity contribution >= 4 is 17.6 Å². The van der Waals surface area contributed by atoms with E-state index in [1.807, 2.05) is 18.2 Å². The van der Waals surface area contributed by atoms with E-state index in [1.165, 1.54) is 0 Å². The van der Waals surface area contributed by atoms with Gasteiger partial charge in [0.25, 0.3) is 6.43 Å². The Morgan fingerprint density at radius 3 is 2.74 bits per heavy atom. The van der Waals surface area contributed by atoms with Crippen LogP contribution in [0.4, 0.5) is 13.6 Å². The second-order valence-corrected chi connectivity index (χ2v) is 7.69. The summed E-state index contributed by atoms with van der Waals surface area (Å²) in [5.74, 6) is -0.103. The fourth-order valence-corrected chi connectivity index (χ4v) is 4.05. The summed E-state index contributed by atoms with van der Waals surface area (Å²) in [5, 5.41) is 9.42. The van der Waals surface area contributed by atoms with Crippen molar-refractivity contribution in [2.24, 2.45) is 0 Å². The number of alkyl halides is 2. The minimum absolute atomic E-state index is 0.186. The Labute approximate surface area is 175 Å².